The van der Waals surface area contributed by atoms with Gasteiger partial charge in [0, 0.05) is 81.5 Å². The van der Waals surface area contributed by atoms with Gasteiger partial charge in [0.05, 0.1) is 30.2 Å². The molecular weight excluding hydrogens is 561 g/mol. The number of amides is 1. The highest BCUT2D eigenvalue weighted by atomic mass is 32.2. The fraction of sp³-hybridized carbons (Fsp3) is 0.630. The molecule has 1 unspecified atom stereocenters. The van der Waals surface area contributed by atoms with Crippen LogP contribution in [0.2, 0.25) is 0 Å². The number of sulfonamides is 1. The average molecular weight is 599 g/mol. The highest BCUT2D eigenvalue weighted by Crippen LogP contribution is 2.36. The number of aromatic nitrogens is 2. The van der Waals surface area contributed by atoms with Gasteiger partial charge in [0.1, 0.15) is 0 Å². The Morgan fingerprint density at radius 3 is 2.46 bits per heavy atom. The minimum atomic E-state index is -4.55. The molecule has 0 radical (unpaired) electrons. The van der Waals surface area contributed by atoms with Crippen LogP contribution in [0.25, 0.3) is 11.3 Å². The number of nitrogens with zero attached hydrogens (tertiary/aromatic N) is 5. The Morgan fingerprint density at radius 2 is 1.85 bits per heavy atom. The first kappa shape index (κ1) is 30.0. The maximum atomic E-state index is 13.5. The first-order valence-electron chi connectivity index (χ1n) is 14.0. The number of aliphatic hydroxyl groups excluding tert-OH is 1. The number of benzene rings is 1. The second-order valence-corrected chi connectivity index (χ2v) is 13.2. The molecule has 1 atom stereocenters. The molecule has 5 rings (SSSR count). The number of likely N-dealkylation sites (tertiary alicyclic amines) is 2. The quantitative estimate of drug-likeness (QED) is 0.475. The first-order valence-corrected chi connectivity index (χ1v) is 15.8. The Kier molecular flexibility index (Phi) is 8.50. The van der Waals surface area contributed by atoms with Crippen molar-refractivity contribution >= 4 is 15.9 Å². The third kappa shape index (κ3) is 6.46. The summed E-state index contributed by atoms with van der Waals surface area (Å²) < 4.78 is 68.1. The number of carbonyl (C=O) groups excluding carboxylic acids is 1. The number of β-amino-alcohol motifs (C(OH)–C–C–N with tert-alkyl or cyclic N) is 1. The Bertz CT molecular complexity index is 1390. The predicted octanol–water partition coefficient (Wildman–Crippen LogP) is 1.79. The second-order valence-electron chi connectivity index (χ2n) is 11.3. The molecule has 3 aliphatic rings. The number of nitrogens with two attached hydrogens (primary N) is 1. The van der Waals surface area contributed by atoms with Crippen LogP contribution in [0.1, 0.15) is 48.1 Å². The van der Waals surface area contributed by atoms with Gasteiger partial charge >= 0.3 is 6.18 Å². The van der Waals surface area contributed by atoms with Crippen molar-refractivity contribution < 1.29 is 31.5 Å². The van der Waals surface area contributed by atoms with E-state index in [2.05, 4.69) is 4.90 Å². The van der Waals surface area contributed by atoms with Crippen LogP contribution in [0.5, 0.6) is 0 Å². The summed E-state index contributed by atoms with van der Waals surface area (Å²) in [5.41, 5.74) is 6.94. The lowest BCUT2D eigenvalue weighted by atomic mass is 9.97. The maximum Gasteiger partial charge on any atom is 0.416 e. The van der Waals surface area contributed by atoms with Crippen molar-refractivity contribution in [2.24, 2.45) is 5.73 Å². The number of carbonyl (C=O) groups is 1. The molecule has 1 aromatic heterocycles. The molecule has 4 heterocycles. The molecule has 3 N–H and O–H groups in total. The Balaban J connectivity index is 1.35. The minimum Gasteiger partial charge on any atom is -0.390 e. The largest absolute Gasteiger partial charge is 0.416 e. The molecular formula is C27H37F3N6O4S. The van der Waals surface area contributed by atoms with Crippen molar-refractivity contribution in [2.45, 2.75) is 70.1 Å². The van der Waals surface area contributed by atoms with E-state index in [0.717, 1.165) is 56.9 Å². The van der Waals surface area contributed by atoms with Gasteiger partial charge in [-0.1, -0.05) is 6.07 Å². The van der Waals surface area contributed by atoms with E-state index in [0.29, 0.717) is 36.2 Å². The molecule has 41 heavy (non-hydrogen) atoms. The molecule has 0 aliphatic carbocycles. The van der Waals surface area contributed by atoms with Gasteiger partial charge in [0.15, 0.2) is 0 Å². The number of piperidine rings is 1. The van der Waals surface area contributed by atoms with Crippen molar-refractivity contribution in [2.75, 3.05) is 39.0 Å². The maximum absolute atomic E-state index is 13.5. The summed E-state index contributed by atoms with van der Waals surface area (Å²) >= 11 is 0. The Labute approximate surface area is 237 Å². The molecule has 0 spiro atoms. The van der Waals surface area contributed by atoms with Crippen molar-refractivity contribution in [1.82, 2.24) is 23.9 Å². The van der Waals surface area contributed by atoms with Gasteiger partial charge in [0.25, 0.3) is 0 Å². The lowest BCUT2D eigenvalue weighted by molar-refractivity contribution is -0.138. The van der Waals surface area contributed by atoms with E-state index in [4.69, 9.17) is 10.8 Å². The fourth-order valence-electron chi connectivity index (χ4n) is 6.34. The summed E-state index contributed by atoms with van der Waals surface area (Å²) in [7, 11) is -3.51. The second kappa shape index (κ2) is 11.6. The molecule has 226 valence electrons. The van der Waals surface area contributed by atoms with Crippen LogP contribution >= 0.6 is 0 Å². The summed E-state index contributed by atoms with van der Waals surface area (Å²) in [4.78, 5) is 16.3. The van der Waals surface area contributed by atoms with Crippen LogP contribution in [0.3, 0.4) is 0 Å². The van der Waals surface area contributed by atoms with Gasteiger partial charge in [-0.3, -0.25) is 9.48 Å². The topological polar surface area (TPSA) is 125 Å². The number of rotatable bonds is 8. The number of halogens is 3. The van der Waals surface area contributed by atoms with E-state index in [9.17, 15) is 31.5 Å². The van der Waals surface area contributed by atoms with Crippen LogP contribution in [0.15, 0.2) is 18.2 Å². The van der Waals surface area contributed by atoms with Gasteiger partial charge < -0.3 is 20.6 Å². The number of alkyl halides is 3. The molecule has 1 aromatic carbocycles. The summed E-state index contributed by atoms with van der Waals surface area (Å²) in [6.45, 7) is 2.91. The SMILES string of the molecule is CS(=O)(=O)N1CCc2c(c(-c3ccc(C(F)(F)F)c(CN)c3)nn2CC(O)CN2CCC(N3CCCC3=O)CC2)C1. The molecule has 0 saturated carbocycles. The number of fused-ring (bicyclic) bond motifs is 1. The third-order valence-corrected chi connectivity index (χ3v) is 9.68. The summed E-state index contributed by atoms with van der Waals surface area (Å²) in [6, 6.07) is 3.92. The Hall–Kier alpha value is -2.52. The van der Waals surface area contributed by atoms with Crippen LogP contribution < -0.4 is 5.73 Å². The number of aliphatic hydroxyl groups is 1. The van der Waals surface area contributed by atoms with E-state index in [-0.39, 0.29) is 43.7 Å². The molecule has 14 heteroatoms. The average Bonchev–Trinajstić information content (AvgIpc) is 3.50. The summed E-state index contributed by atoms with van der Waals surface area (Å²) in [6.07, 6.45) is -0.579. The summed E-state index contributed by atoms with van der Waals surface area (Å²) in [5, 5.41) is 15.7. The first-order chi connectivity index (χ1) is 19.3. The monoisotopic (exact) mass is 598 g/mol. The fourth-order valence-corrected chi connectivity index (χ4v) is 7.13. The van der Waals surface area contributed by atoms with Crippen LogP contribution in [-0.2, 0) is 47.0 Å². The molecule has 1 amide bonds. The van der Waals surface area contributed by atoms with E-state index in [1.54, 1.807) is 4.68 Å². The van der Waals surface area contributed by atoms with Gasteiger partial charge in [0.2, 0.25) is 15.9 Å². The predicted molar refractivity (Wildman–Crippen MR) is 146 cm³/mol. The summed E-state index contributed by atoms with van der Waals surface area (Å²) in [5.74, 6) is 0.226. The minimum absolute atomic E-state index is 0.0430. The third-order valence-electron chi connectivity index (χ3n) is 8.43. The lowest BCUT2D eigenvalue weighted by Gasteiger charge is -2.37. The highest BCUT2D eigenvalue weighted by molar-refractivity contribution is 7.88. The zero-order valence-electron chi connectivity index (χ0n) is 23.1. The van der Waals surface area contributed by atoms with Gasteiger partial charge in [-0.25, -0.2) is 8.42 Å². The number of hydrogen-bond donors (Lipinski definition) is 2. The zero-order chi connectivity index (χ0) is 29.5. The number of hydrogen-bond acceptors (Lipinski definition) is 7. The lowest BCUT2D eigenvalue weighted by Crippen LogP contribution is -2.47. The van der Waals surface area contributed by atoms with Gasteiger partial charge in [-0.05, 0) is 37.0 Å². The molecule has 2 saturated heterocycles. The normalized spacial score (nSPS) is 20.5. The molecule has 2 aromatic rings. The van der Waals surface area contributed by atoms with Crippen molar-refractivity contribution in [1.29, 1.82) is 0 Å². The van der Waals surface area contributed by atoms with Crippen LogP contribution in [-0.4, -0.2) is 94.4 Å². The van der Waals surface area contributed by atoms with Crippen molar-refractivity contribution in [3.05, 3.63) is 40.6 Å². The van der Waals surface area contributed by atoms with E-state index < -0.39 is 27.9 Å². The Morgan fingerprint density at radius 1 is 1.12 bits per heavy atom. The van der Waals surface area contributed by atoms with Gasteiger partial charge in [-0.2, -0.15) is 22.6 Å². The molecule has 0 bridgehead atoms. The van der Waals surface area contributed by atoms with Crippen LogP contribution in [0, 0.1) is 0 Å². The van der Waals surface area contributed by atoms with Crippen molar-refractivity contribution in [3.63, 3.8) is 0 Å². The van der Waals surface area contributed by atoms with E-state index in [1.165, 1.54) is 16.4 Å². The molecule has 2 fully saturated rings. The van der Waals surface area contributed by atoms with Crippen LogP contribution in [0.4, 0.5) is 13.2 Å². The molecule has 10 nitrogen and oxygen atoms in total. The van der Waals surface area contributed by atoms with Crippen molar-refractivity contribution in [3.8, 4) is 11.3 Å². The highest BCUT2D eigenvalue weighted by Gasteiger charge is 2.35. The van der Waals surface area contributed by atoms with Gasteiger partial charge in [-0.15, -0.1) is 0 Å². The van der Waals surface area contributed by atoms with E-state index in [1.807, 2.05) is 4.90 Å². The molecule has 3 aliphatic heterocycles. The standard InChI is InChI=1S/C27H37F3N6O4S/c1-41(39,40)34-12-8-24-22(17-34)26(18-4-5-23(27(28,29)30)19(13-18)14-31)32-36(24)16-21(37)15-33-10-6-20(7-11-33)35-9-2-3-25(35)38/h4-5,13,20-21,37H,2-3,6-12,14-17,31H2,1H3. The zero-order valence-corrected chi connectivity index (χ0v) is 23.9. The smallest absolute Gasteiger partial charge is 0.390 e. The van der Waals surface area contributed by atoms with E-state index >= 15 is 0 Å².